The summed E-state index contributed by atoms with van der Waals surface area (Å²) < 4.78 is 6.08. The minimum absolute atomic E-state index is 0.164. The first-order valence-corrected chi connectivity index (χ1v) is 11.9. The molecule has 3 aromatic carbocycles. The largest absolute Gasteiger partial charge is 0.487 e. The van der Waals surface area contributed by atoms with E-state index in [1.807, 2.05) is 86.6 Å². The summed E-state index contributed by atoms with van der Waals surface area (Å²) in [5, 5.41) is 28.7. The fourth-order valence-corrected chi connectivity index (χ4v) is 4.39. The second-order valence-electron chi connectivity index (χ2n) is 9.47. The van der Waals surface area contributed by atoms with Gasteiger partial charge in [0.05, 0.1) is 11.7 Å². The molecule has 35 heavy (non-hydrogen) atoms. The number of amides is 1. The summed E-state index contributed by atoms with van der Waals surface area (Å²) in [4.78, 5) is 19.3. The third-order valence-electron chi connectivity index (χ3n) is 6.13. The third-order valence-corrected chi connectivity index (χ3v) is 6.13. The Kier molecular flexibility index (Phi) is 7.73. The van der Waals surface area contributed by atoms with E-state index in [-0.39, 0.29) is 25.4 Å². The highest BCUT2D eigenvalue weighted by molar-refractivity contribution is 6.43. The fourth-order valence-electron chi connectivity index (χ4n) is 4.39. The quantitative estimate of drug-likeness (QED) is 0.391. The van der Waals surface area contributed by atoms with E-state index in [1.165, 1.54) is 0 Å². The lowest BCUT2D eigenvalue weighted by Gasteiger charge is -2.29. The number of carbonyl (C=O) groups is 1. The molecule has 1 unspecified atom stereocenters. The van der Waals surface area contributed by atoms with Crippen LogP contribution < -0.4 is 10.1 Å². The van der Waals surface area contributed by atoms with Gasteiger partial charge in [-0.1, -0.05) is 85.7 Å². The Morgan fingerprint density at radius 1 is 1.09 bits per heavy atom. The van der Waals surface area contributed by atoms with Gasteiger partial charge in [0, 0.05) is 18.2 Å². The van der Waals surface area contributed by atoms with Crippen molar-refractivity contribution in [2.75, 3.05) is 6.61 Å². The van der Waals surface area contributed by atoms with Crippen LogP contribution in [0, 0.1) is 5.92 Å². The second-order valence-corrected chi connectivity index (χ2v) is 9.47. The van der Waals surface area contributed by atoms with E-state index < -0.39 is 24.6 Å². The van der Waals surface area contributed by atoms with Crippen LogP contribution >= 0.6 is 0 Å². The van der Waals surface area contributed by atoms with E-state index in [0.717, 1.165) is 22.1 Å². The van der Waals surface area contributed by atoms with Crippen molar-refractivity contribution in [3.63, 3.8) is 0 Å². The number of hydrogen-bond acceptors (Lipinski definition) is 6. The van der Waals surface area contributed by atoms with E-state index in [4.69, 9.17) is 9.57 Å². The summed E-state index contributed by atoms with van der Waals surface area (Å²) in [7, 11) is -1.67. The van der Waals surface area contributed by atoms with Crippen LogP contribution in [-0.4, -0.2) is 46.9 Å². The molecule has 1 amide bonds. The minimum Gasteiger partial charge on any atom is -0.487 e. The van der Waals surface area contributed by atoms with Gasteiger partial charge in [0.2, 0.25) is 5.60 Å². The molecule has 7 nitrogen and oxygen atoms in total. The first kappa shape index (κ1) is 24.8. The molecule has 4 rings (SSSR count). The Morgan fingerprint density at radius 2 is 1.80 bits per heavy atom. The van der Waals surface area contributed by atoms with Gasteiger partial charge < -0.3 is 24.9 Å². The normalized spacial score (nSPS) is 18.1. The lowest BCUT2D eigenvalue weighted by atomic mass is 9.74. The summed E-state index contributed by atoms with van der Waals surface area (Å²) >= 11 is 0. The predicted octanol–water partition coefficient (Wildman–Crippen LogP) is 3.52. The van der Waals surface area contributed by atoms with Crippen molar-refractivity contribution >= 4 is 29.5 Å². The van der Waals surface area contributed by atoms with Gasteiger partial charge >= 0.3 is 7.12 Å². The molecule has 3 aromatic rings. The van der Waals surface area contributed by atoms with E-state index in [0.29, 0.717) is 12.1 Å². The van der Waals surface area contributed by atoms with Crippen LogP contribution in [0.5, 0.6) is 5.75 Å². The Morgan fingerprint density at radius 3 is 2.54 bits per heavy atom. The van der Waals surface area contributed by atoms with Gasteiger partial charge in [0.1, 0.15) is 12.4 Å². The summed E-state index contributed by atoms with van der Waals surface area (Å²) in [6.45, 7) is 4.09. The molecule has 182 valence electrons. The lowest BCUT2D eigenvalue weighted by molar-refractivity contribution is -0.144. The molecule has 0 spiro atoms. The molecule has 1 aliphatic rings. The highest BCUT2D eigenvalue weighted by Crippen LogP contribution is 2.31. The first-order chi connectivity index (χ1) is 16.9. The number of carbonyl (C=O) groups excluding carboxylic acids is 1. The SMILES string of the molecule is CC(C)C[C@H](NC(=O)C1(Cc2ccccc2)CC(COc2cccc3ccccc23)=NO1)B(O)O. The maximum Gasteiger partial charge on any atom is 0.475 e. The van der Waals surface area contributed by atoms with E-state index in [2.05, 4.69) is 10.5 Å². The van der Waals surface area contributed by atoms with Crippen LogP contribution in [0.3, 0.4) is 0 Å². The van der Waals surface area contributed by atoms with Crippen molar-refractivity contribution in [3.8, 4) is 5.75 Å². The number of hydrogen-bond donors (Lipinski definition) is 3. The molecular weight excluding hydrogens is 443 g/mol. The second kappa shape index (κ2) is 10.9. The summed E-state index contributed by atoms with van der Waals surface area (Å²) in [6, 6.07) is 23.4. The number of rotatable bonds is 10. The average molecular weight is 474 g/mol. The van der Waals surface area contributed by atoms with Gasteiger partial charge in [-0.25, -0.2) is 0 Å². The van der Waals surface area contributed by atoms with Crippen molar-refractivity contribution in [3.05, 3.63) is 78.4 Å². The van der Waals surface area contributed by atoms with Gasteiger partial charge in [-0.15, -0.1) is 0 Å². The smallest absolute Gasteiger partial charge is 0.475 e. The van der Waals surface area contributed by atoms with Crippen LogP contribution in [0.1, 0.15) is 32.3 Å². The molecule has 0 bridgehead atoms. The summed E-state index contributed by atoms with van der Waals surface area (Å²) in [6.07, 6.45) is 0.939. The molecule has 0 radical (unpaired) electrons. The Balaban J connectivity index is 1.51. The fraction of sp³-hybridized carbons (Fsp3) is 0.333. The number of ether oxygens (including phenoxy) is 1. The molecule has 2 atom stereocenters. The van der Waals surface area contributed by atoms with Gasteiger partial charge in [-0.05, 0) is 29.4 Å². The standard InChI is InChI=1S/C27H31BN2O5/c1-19(2)15-25(28(32)33)29-26(31)27(16-20-9-4-3-5-10-20)17-22(30-35-27)18-34-24-14-8-12-21-11-6-7-13-23(21)24/h3-14,19,25,32-33H,15-18H2,1-2H3,(H,29,31)/t25-,27?/m0/s1. The Bertz CT molecular complexity index is 1180. The number of nitrogens with one attached hydrogen (secondary N) is 1. The zero-order valence-electron chi connectivity index (χ0n) is 20.1. The molecule has 1 aliphatic heterocycles. The van der Waals surface area contributed by atoms with E-state index >= 15 is 0 Å². The maximum absolute atomic E-state index is 13.5. The van der Waals surface area contributed by atoms with Crippen molar-refractivity contribution < 1.29 is 24.4 Å². The van der Waals surface area contributed by atoms with Gasteiger partial charge in [-0.3, -0.25) is 4.79 Å². The molecule has 0 saturated carbocycles. The zero-order valence-corrected chi connectivity index (χ0v) is 20.1. The van der Waals surface area contributed by atoms with Gasteiger partial charge in [0.25, 0.3) is 5.91 Å². The highest BCUT2D eigenvalue weighted by Gasteiger charge is 2.48. The van der Waals surface area contributed by atoms with Crippen LogP contribution in [0.4, 0.5) is 0 Å². The monoisotopic (exact) mass is 474 g/mol. The topological polar surface area (TPSA) is 100 Å². The van der Waals surface area contributed by atoms with Crippen molar-refractivity contribution in [1.29, 1.82) is 0 Å². The number of fused-ring (bicyclic) bond motifs is 1. The summed E-state index contributed by atoms with van der Waals surface area (Å²) in [5.74, 6) is -0.340. The summed E-state index contributed by atoms with van der Waals surface area (Å²) in [5.41, 5.74) is 0.219. The van der Waals surface area contributed by atoms with Crippen LogP contribution in [0.15, 0.2) is 78.0 Å². The molecule has 0 fully saturated rings. The van der Waals surface area contributed by atoms with Crippen molar-refractivity contribution in [1.82, 2.24) is 5.32 Å². The lowest BCUT2D eigenvalue weighted by Crippen LogP contribution is -2.56. The molecule has 8 heteroatoms. The highest BCUT2D eigenvalue weighted by atomic mass is 16.7. The molecule has 0 aromatic heterocycles. The third kappa shape index (κ3) is 6.02. The van der Waals surface area contributed by atoms with Gasteiger partial charge in [0.15, 0.2) is 0 Å². The molecule has 1 heterocycles. The molecular formula is C27H31BN2O5. The zero-order chi connectivity index (χ0) is 24.8. The molecule has 0 aliphatic carbocycles. The maximum atomic E-state index is 13.5. The molecule has 3 N–H and O–H groups in total. The Labute approximate surface area is 205 Å². The predicted molar refractivity (Wildman–Crippen MR) is 137 cm³/mol. The number of benzene rings is 3. The van der Waals surface area contributed by atoms with Crippen LogP contribution in [0.25, 0.3) is 10.8 Å². The van der Waals surface area contributed by atoms with E-state index in [1.54, 1.807) is 0 Å². The number of oxime groups is 1. The Hall–Kier alpha value is -3.36. The van der Waals surface area contributed by atoms with Gasteiger partial charge in [-0.2, -0.15) is 0 Å². The first-order valence-electron chi connectivity index (χ1n) is 11.9. The van der Waals surface area contributed by atoms with Crippen molar-refractivity contribution in [2.24, 2.45) is 11.1 Å². The molecule has 0 saturated heterocycles. The number of nitrogens with zero attached hydrogens (tertiary/aromatic N) is 1. The van der Waals surface area contributed by atoms with Crippen molar-refractivity contribution in [2.45, 2.75) is 44.7 Å². The average Bonchev–Trinajstić information content (AvgIpc) is 3.26. The van der Waals surface area contributed by atoms with Crippen LogP contribution in [0.2, 0.25) is 0 Å². The minimum atomic E-state index is -1.67. The van der Waals surface area contributed by atoms with Crippen LogP contribution in [-0.2, 0) is 16.1 Å². The van der Waals surface area contributed by atoms with E-state index in [9.17, 15) is 14.8 Å².